The summed E-state index contributed by atoms with van der Waals surface area (Å²) in [6.07, 6.45) is 3.57. The van der Waals surface area contributed by atoms with E-state index in [-0.39, 0.29) is 28.8 Å². The Bertz CT molecular complexity index is 1010. The minimum absolute atomic E-state index is 0. The highest BCUT2D eigenvalue weighted by Crippen LogP contribution is 2.55. The zero-order valence-corrected chi connectivity index (χ0v) is 22.6. The molecule has 3 aromatic carbocycles. The van der Waals surface area contributed by atoms with Crippen LogP contribution in [0.1, 0.15) is 19.3 Å². The second kappa shape index (κ2) is 11.8. The number of hydrogen-bond acceptors (Lipinski definition) is 2. The highest BCUT2D eigenvalue weighted by atomic mass is 79.9. The largest absolute Gasteiger partial charge is 1.00 e. The molecule has 1 amide bonds. The number of benzene rings is 3. The summed E-state index contributed by atoms with van der Waals surface area (Å²) in [6, 6.07) is 32.5. The van der Waals surface area contributed by atoms with Crippen molar-refractivity contribution in [2.24, 2.45) is 11.1 Å². The third kappa shape index (κ3) is 5.94. The summed E-state index contributed by atoms with van der Waals surface area (Å²) < 4.78 is 0. The van der Waals surface area contributed by atoms with Gasteiger partial charge in [-0.15, -0.1) is 0 Å². The molecular formula is C28H34BrN4OP. The Kier molecular flexibility index (Phi) is 9.09. The van der Waals surface area contributed by atoms with Crippen LogP contribution in [0, 0.1) is 10.8 Å². The molecule has 0 radical (unpaired) electrons. The molecule has 0 aliphatic heterocycles. The Morgan fingerprint density at radius 1 is 0.914 bits per heavy atom. The molecule has 3 aromatic rings. The molecule has 35 heavy (non-hydrogen) atoms. The van der Waals surface area contributed by atoms with Gasteiger partial charge in [-0.05, 0) is 55.7 Å². The summed E-state index contributed by atoms with van der Waals surface area (Å²) in [7, 11) is -0.106. The molecule has 1 aliphatic carbocycles. The number of nitrogens with zero attached hydrogens (tertiary/aromatic N) is 1. The van der Waals surface area contributed by atoms with E-state index in [0.717, 1.165) is 25.4 Å². The molecular weight excluding hydrogens is 519 g/mol. The van der Waals surface area contributed by atoms with Crippen molar-refractivity contribution in [3.63, 3.8) is 0 Å². The van der Waals surface area contributed by atoms with Crippen molar-refractivity contribution in [1.29, 1.82) is 5.41 Å². The average Bonchev–Trinajstić information content (AvgIpc) is 3.66. The number of nitrogens with two attached hydrogens (primary N) is 1. The Morgan fingerprint density at radius 2 is 1.34 bits per heavy atom. The highest BCUT2D eigenvalue weighted by molar-refractivity contribution is 7.95. The van der Waals surface area contributed by atoms with Crippen molar-refractivity contribution in [3.05, 3.63) is 91.0 Å². The van der Waals surface area contributed by atoms with Gasteiger partial charge in [0.1, 0.15) is 23.2 Å². The van der Waals surface area contributed by atoms with Crippen LogP contribution in [0.15, 0.2) is 91.0 Å². The van der Waals surface area contributed by atoms with E-state index >= 15 is 0 Å². The lowest BCUT2D eigenvalue weighted by molar-refractivity contribution is -0.126. The minimum Gasteiger partial charge on any atom is -1.00 e. The zero-order valence-electron chi connectivity index (χ0n) is 20.2. The van der Waals surface area contributed by atoms with E-state index < -0.39 is 12.7 Å². The van der Waals surface area contributed by atoms with Crippen molar-refractivity contribution in [1.82, 2.24) is 10.2 Å². The topological polar surface area (TPSA) is 82.2 Å². The molecule has 0 atom stereocenters. The molecule has 0 spiro atoms. The quantitative estimate of drug-likeness (QED) is 0.144. The molecule has 5 nitrogen and oxygen atoms in total. The second-order valence-electron chi connectivity index (χ2n) is 9.17. The number of rotatable bonds is 10. The Morgan fingerprint density at radius 3 is 1.71 bits per heavy atom. The lowest BCUT2D eigenvalue weighted by atomic mass is 10.1. The first kappa shape index (κ1) is 26.9. The van der Waals surface area contributed by atoms with Gasteiger partial charge >= 0.3 is 0 Å². The van der Waals surface area contributed by atoms with E-state index in [1.165, 1.54) is 15.9 Å². The maximum absolute atomic E-state index is 13.0. The number of carbonyl (C=O) groups excluding carboxylic acids is 1. The highest BCUT2D eigenvalue weighted by Gasteiger charge is 2.50. The van der Waals surface area contributed by atoms with Gasteiger partial charge < -0.3 is 32.9 Å². The second-order valence-corrected chi connectivity index (χ2v) is 12.8. The van der Waals surface area contributed by atoms with Crippen LogP contribution < -0.4 is 43.9 Å². The fourth-order valence-electron chi connectivity index (χ4n) is 4.73. The van der Waals surface area contributed by atoms with Gasteiger partial charge in [-0.1, -0.05) is 54.6 Å². The monoisotopic (exact) mass is 552 g/mol. The number of hydrogen-bond donors (Lipinski definition) is 3. The Hall–Kier alpha value is -2.69. The lowest BCUT2D eigenvalue weighted by Gasteiger charge is -2.28. The van der Waals surface area contributed by atoms with Crippen molar-refractivity contribution >= 4 is 35.0 Å². The van der Waals surface area contributed by atoms with Crippen LogP contribution in [0.4, 0.5) is 0 Å². The van der Waals surface area contributed by atoms with E-state index in [2.05, 4.69) is 96.3 Å². The van der Waals surface area contributed by atoms with Gasteiger partial charge in [0.15, 0.2) is 5.96 Å². The lowest BCUT2D eigenvalue weighted by Crippen LogP contribution is -3.00. The summed E-state index contributed by atoms with van der Waals surface area (Å²) in [5, 5.41) is 14.9. The number of amides is 1. The molecule has 7 heteroatoms. The van der Waals surface area contributed by atoms with Crippen LogP contribution in [0.3, 0.4) is 0 Å². The van der Waals surface area contributed by atoms with Gasteiger partial charge in [-0.25, -0.2) is 0 Å². The molecule has 0 unspecified atom stereocenters. The first-order chi connectivity index (χ1) is 16.5. The first-order valence-electron chi connectivity index (χ1n) is 11.9. The standard InChI is InChI=1S/C28H33N4OP.BrH/c1-32(27(29)30)22-28(18-19-28)26(33)31-20-11-21-34(23-12-5-2-6-13-23,24-14-7-3-8-15-24)25-16-9-4-10-17-25;/h2-10,12-17H,11,18-22H2,1H3,(H3-,29,30,31,33);1H. The molecule has 0 heterocycles. The van der Waals surface area contributed by atoms with Crippen molar-refractivity contribution in [2.45, 2.75) is 19.3 Å². The predicted molar refractivity (Wildman–Crippen MR) is 144 cm³/mol. The van der Waals surface area contributed by atoms with Crippen LogP contribution in [-0.2, 0) is 4.79 Å². The summed E-state index contributed by atoms with van der Waals surface area (Å²) in [5.74, 6) is 0.0888. The molecule has 0 aromatic heterocycles. The molecule has 4 rings (SSSR count). The molecule has 0 bridgehead atoms. The predicted octanol–water partition coefficient (Wildman–Crippen LogP) is 0.0963. The molecule has 0 saturated heterocycles. The zero-order chi connectivity index (χ0) is 24.0. The van der Waals surface area contributed by atoms with Crippen LogP contribution in [0.2, 0.25) is 0 Å². The van der Waals surface area contributed by atoms with E-state index in [9.17, 15) is 4.79 Å². The van der Waals surface area contributed by atoms with Gasteiger partial charge in [-0.3, -0.25) is 10.2 Å². The van der Waals surface area contributed by atoms with E-state index in [1.54, 1.807) is 11.9 Å². The first-order valence-corrected chi connectivity index (χ1v) is 13.8. The minimum atomic E-state index is -1.88. The summed E-state index contributed by atoms with van der Waals surface area (Å²) >= 11 is 0. The third-order valence-electron chi connectivity index (χ3n) is 6.83. The molecule has 184 valence electrons. The van der Waals surface area contributed by atoms with Gasteiger partial charge in [0.05, 0.1) is 11.6 Å². The van der Waals surface area contributed by atoms with Gasteiger partial charge in [0.25, 0.3) is 0 Å². The average molecular weight is 553 g/mol. The number of carbonyl (C=O) groups is 1. The Balaban J connectivity index is 0.00000342. The summed E-state index contributed by atoms with van der Waals surface area (Å²) in [6.45, 7) is 1.14. The fourth-order valence-corrected chi connectivity index (χ4v) is 9.08. The summed E-state index contributed by atoms with van der Waals surface area (Å²) in [4.78, 5) is 14.6. The van der Waals surface area contributed by atoms with Gasteiger partial charge in [0.2, 0.25) is 5.91 Å². The van der Waals surface area contributed by atoms with Crippen LogP contribution in [0.25, 0.3) is 0 Å². The number of nitrogens with one attached hydrogen (secondary N) is 2. The van der Waals surface area contributed by atoms with Crippen LogP contribution in [0.5, 0.6) is 0 Å². The van der Waals surface area contributed by atoms with Gasteiger partial charge in [0, 0.05) is 20.1 Å². The van der Waals surface area contributed by atoms with E-state index in [0.29, 0.717) is 13.1 Å². The molecule has 1 saturated carbocycles. The summed E-state index contributed by atoms with van der Waals surface area (Å²) in [5.41, 5.74) is 5.19. The van der Waals surface area contributed by atoms with Crippen molar-refractivity contribution in [2.75, 3.05) is 26.3 Å². The fraction of sp³-hybridized carbons (Fsp3) is 0.286. The maximum Gasteiger partial charge on any atom is 0.228 e. The third-order valence-corrected chi connectivity index (χ3v) is 11.4. The normalized spacial score (nSPS) is 13.9. The van der Waals surface area contributed by atoms with E-state index in [1.807, 2.05) is 0 Å². The van der Waals surface area contributed by atoms with Crippen molar-refractivity contribution in [3.8, 4) is 0 Å². The Labute approximate surface area is 219 Å². The smallest absolute Gasteiger partial charge is 0.228 e. The number of halogens is 1. The van der Waals surface area contributed by atoms with Crippen LogP contribution in [-0.4, -0.2) is 43.1 Å². The molecule has 1 fully saturated rings. The van der Waals surface area contributed by atoms with Crippen LogP contribution >= 0.6 is 7.26 Å². The van der Waals surface area contributed by atoms with E-state index in [4.69, 9.17) is 11.1 Å². The number of guanidine groups is 1. The SMILES string of the molecule is CN(CC1(C(=O)NCCC[P+](c2ccccc2)(c2ccccc2)c2ccccc2)CC1)C(=N)N.[Br-]. The molecule has 4 N–H and O–H groups in total. The maximum atomic E-state index is 13.0. The van der Waals surface area contributed by atoms with Gasteiger partial charge in [-0.2, -0.15) is 0 Å². The molecule has 1 aliphatic rings. The van der Waals surface area contributed by atoms with Crippen molar-refractivity contribution < 1.29 is 21.8 Å².